The molecule has 0 heterocycles. The second-order valence-electron chi connectivity index (χ2n) is 4.45. The molecule has 0 aromatic carbocycles. The third kappa shape index (κ3) is 3.18. The molecular formula is C11H22N2O2. The molecule has 2 atom stereocenters. The van der Waals surface area contributed by atoms with Crippen LogP contribution in [0.3, 0.4) is 0 Å². The second-order valence-corrected chi connectivity index (χ2v) is 4.45. The van der Waals surface area contributed by atoms with Gasteiger partial charge in [0.05, 0.1) is 12.1 Å². The van der Waals surface area contributed by atoms with Crippen LogP contribution in [0.1, 0.15) is 33.1 Å². The minimum Gasteiger partial charge on any atom is -0.381 e. The van der Waals surface area contributed by atoms with E-state index in [1.54, 1.807) is 7.11 Å². The largest absolute Gasteiger partial charge is 0.381 e. The molecule has 1 aliphatic carbocycles. The Morgan fingerprint density at radius 1 is 1.60 bits per heavy atom. The number of carbonyl (C=O) groups excluding carboxylic acids is 1. The Hall–Kier alpha value is -0.610. The molecule has 1 rings (SSSR count). The summed E-state index contributed by atoms with van der Waals surface area (Å²) in [5.41, 5.74) is 5.82. The molecular weight excluding hydrogens is 192 g/mol. The van der Waals surface area contributed by atoms with Gasteiger partial charge in [-0.3, -0.25) is 4.79 Å². The van der Waals surface area contributed by atoms with E-state index in [9.17, 15) is 4.79 Å². The van der Waals surface area contributed by atoms with Crippen molar-refractivity contribution in [3.05, 3.63) is 0 Å². The molecule has 0 bridgehead atoms. The lowest BCUT2D eigenvalue weighted by molar-refractivity contribution is -0.125. The number of hydrogen-bond acceptors (Lipinski definition) is 3. The maximum atomic E-state index is 11.7. The Balaban J connectivity index is 2.25. The van der Waals surface area contributed by atoms with Gasteiger partial charge in [-0.1, -0.05) is 20.3 Å². The van der Waals surface area contributed by atoms with Gasteiger partial charge >= 0.3 is 0 Å². The van der Waals surface area contributed by atoms with Crippen molar-refractivity contribution in [2.45, 2.75) is 51.3 Å². The molecule has 3 N–H and O–H groups in total. The van der Waals surface area contributed by atoms with E-state index in [2.05, 4.69) is 5.32 Å². The minimum atomic E-state index is -0.378. The lowest BCUT2D eigenvalue weighted by Crippen LogP contribution is -2.53. The summed E-state index contributed by atoms with van der Waals surface area (Å²) in [4.78, 5) is 11.7. The first-order valence-electron chi connectivity index (χ1n) is 5.67. The van der Waals surface area contributed by atoms with Crippen molar-refractivity contribution < 1.29 is 9.53 Å². The van der Waals surface area contributed by atoms with Gasteiger partial charge in [-0.05, 0) is 18.8 Å². The maximum Gasteiger partial charge on any atom is 0.237 e. The molecule has 15 heavy (non-hydrogen) atoms. The first-order chi connectivity index (χ1) is 7.08. The number of methoxy groups -OCH3 is 1. The van der Waals surface area contributed by atoms with Crippen LogP contribution in [0.5, 0.6) is 0 Å². The molecule has 0 saturated heterocycles. The number of amides is 1. The van der Waals surface area contributed by atoms with Crippen LogP contribution in [-0.2, 0) is 9.53 Å². The van der Waals surface area contributed by atoms with Gasteiger partial charge in [-0.15, -0.1) is 0 Å². The van der Waals surface area contributed by atoms with Crippen molar-refractivity contribution in [3.8, 4) is 0 Å². The summed E-state index contributed by atoms with van der Waals surface area (Å²) in [6.45, 7) is 4.05. The Labute approximate surface area is 91.5 Å². The summed E-state index contributed by atoms with van der Waals surface area (Å²) in [6, 6.07) is -0.117. The summed E-state index contributed by atoms with van der Waals surface area (Å²) < 4.78 is 5.14. The third-order valence-electron chi connectivity index (χ3n) is 3.33. The highest BCUT2D eigenvalue weighted by Gasteiger charge is 2.31. The fourth-order valence-electron chi connectivity index (χ4n) is 1.69. The van der Waals surface area contributed by atoms with Gasteiger partial charge in [0, 0.05) is 13.2 Å². The highest BCUT2D eigenvalue weighted by molar-refractivity contribution is 5.82. The zero-order valence-corrected chi connectivity index (χ0v) is 9.82. The van der Waals surface area contributed by atoms with Crippen molar-refractivity contribution in [2.75, 3.05) is 7.11 Å². The molecule has 0 radical (unpaired) electrons. The molecule has 88 valence electrons. The molecule has 1 fully saturated rings. The quantitative estimate of drug-likeness (QED) is 0.706. The zero-order valence-electron chi connectivity index (χ0n) is 9.82. The van der Waals surface area contributed by atoms with E-state index in [4.69, 9.17) is 10.5 Å². The van der Waals surface area contributed by atoms with Crippen molar-refractivity contribution >= 4 is 5.91 Å². The van der Waals surface area contributed by atoms with Crippen LogP contribution in [0.4, 0.5) is 0 Å². The molecule has 1 amide bonds. The summed E-state index contributed by atoms with van der Waals surface area (Å²) >= 11 is 0. The number of nitrogens with two attached hydrogens (primary N) is 1. The standard InChI is InChI=1S/C11H22N2O2/c1-4-7(2)10(12)11(14)13-8-5-9(6-8)15-3/h7-10H,4-6,12H2,1-3H3,(H,13,14)/t7-,8?,9?,10-/m0/s1. The first-order valence-corrected chi connectivity index (χ1v) is 5.67. The number of ether oxygens (including phenoxy) is 1. The minimum absolute atomic E-state index is 0.0242. The van der Waals surface area contributed by atoms with Crippen LogP contribution in [0, 0.1) is 5.92 Å². The highest BCUT2D eigenvalue weighted by atomic mass is 16.5. The summed E-state index contributed by atoms with van der Waals surface area (Å²) in [5.74, 6) is 0.215. The van der Waals surface area contributed by atoms with Gasteiger partial charge < -0.3 is 15.8 Å². The molecule has 4 nitrogen and oxygen atoms in total. The van der Waals surface area contributed by atoms with Crippen LogP contribution >= 0.6 is 0 Å². The predicted octanol–water partition coefficient (Wildman–Crippen LogP) is 0.653. The van der Waals surface area contributed by atoms with Gasteiger partial charge in [0.15, 0.2) is 0 Å². The SMILES string of the molecule is CC[C@H](C)[C@H](N)C(=O)NC1CC(OC)C1. The van der Waals surface area contributed by atoms with Crippen molar-refractivity contribution in [1.29, 1.82) is 0 Å². The van der Waals surface area contributed by atoms with E-state index in [-0.39, 0.29) is 23.9 Å². The topological polar surface area (TPSA) is 64.4 Å². The van der Waals surface area contributed by atoms with E-state index < -0.39 is 0 Å². The van der Waals surface area contributed by atoms with Crippen LogP contribution in [0.25, 0.3) is 0 Å². The van der Waals surface area contributed by atoms with Crippen molar-refractivity contribution in [2.24, 2.45) is 11.7 Å². The number of carbonyl (C=O) groups is 1. The monoisotopic (exact) mass is 214 g/mol. The zero-order chi connectivity index (χ0) is 11.4. The van der Waals surface area contributed by atoms with E-state index in [1.807, 2.05) is 13.8 Å². The number of nitrogens with one attached hydrogen (secondary N) is 1. The average molecular weight is 214 g/mol. The molecule has 0 spiro atoms. The third-order valence-corrected chi connectivity index (χ3v) is 3.33. The van der Waals surface area contributed by atoms with E-state index in [0.717, 1.165) is 19.3 Å². The van der Waals surface area contributed by atoms with Crippen molar-refractivity contribution in [3.63, 3.8) is 0 Å². The lowest BCUT2D eigenvalue weighted by Gasteiger charge is -2.35. The van der Waals surface area contributed by atoms with Gasteiger partial charge in [-0.25, -0.2) is 0 Å². The van der Waals surface area contributed by atoms with Crippen LogP contribution < -0.4 is 11.1 Å². The molecule has 1 aliphatic rings. The smallest absolute Gasteiger partial charge is 0.237 e. The molecule has 0 aromatic rings. The Morgan fingerprint density at radius 2 is 2.20 bits per heavy atom. The van der Waals surface area contributed by atoms with Crippen LogP contribution in [0.2, 0.25) is 0 Å². The second kappa shape index (κ2) is 5.47. The van der Waals surface area contributed by atoms with E-state index in [0.29, 0.717) is 6.10 Å². The van der Waals surface area contributed by atoms with Crippen LogP contribution in [0.15, 0.2) is 0 Å². The Morgan fingerprint density at radius 3 is 2.67 bits per heavy atom. The van der Waals surface area contributed by atoms with Crippen molar-refractivity contribution in [1.82, 2.24) is 5.32 Å². The van der Waals surface area contributed by atoms with E-state index in [1.165, 1.54) is 0 Å². The lowest BCUT2D eigenvalue weighted by atomic mass is 9.88. The fourth-order valence-corrected chi connectivity index (χ4v) is 1.69. The molecule has 0 aliphatic heterocycles. The number of hydrogen-bond donors (Lipinski definition) is 2. The van der Waals surface area contributed by atoms with Gasteiger partial charge in [-0.2, -0.15) is 0 Å². The summed E-state index contributed by atoms with van der Waals surface area (Å²) in [6.07, 6.45) is 3.07. The predicted molar refractivity (Wildman–Crippen MR) is 59.4 cm³/mol. The highest BCUT2D eigenvalue weighted by Crippen LogP contribution is 2.22. The summed E-state index contributed by atoms with van der Waals surface area (Å²) in [7, 11) is 1.70. The first kappa shape index (κ1) is 12.5. The van der Waals surface area contributed by atoms with Gasteiger partial charge in [0.25, 0.3) is 0 Å². The maximum absolute atomic E-state index is 11.7. The fraction of sp³-hybridized carbons (Fsp3) is 0.909. The van der Waals surface area contributed by atoms with Gasteiger partial charge in [0.2, 0.25) is 5.91 Å². The average Bonchev–Trinajstić information content (AvgIpc) is 2.19. The molecule has 0 unspecified atom stereocenters. The normalized spacial score (nSPS) is 29.1. The summed E-state index contributed by atoms with van der Waals surface area (Å²) in [5, 5.41) is 2.95. The number of rotatable bonds is 5. The van der Waals surface area contributed by atoms with E-state index >= 15 is 0 Å². The Bertz CT molecular complexity index is 215. The van der Waals surface area contributed by atoms with Gasteiger partial charge in [0.1, 0.15) is 0 Å². The Kier molecular flexibility index (Phi) is 4.54. The molecule has 0 aromatic heterocycles. The molecule has 4 heteroatoms. The molecule has 1 saturated carbocycles. The van der Waals surface area contributed by atoms with Crippen LogP contribution in [-0.4, -0.2) is 31.2 Å².